The van der Waals surface area contributed by atoms with Gasteiger partial charge in [-0.15, -0.1) is 0 Å². The van der Waals surface area contributed by atoms with Gasteiger partial charge in [0.2, 0.25) is 0 Å². The van der Waals surface area contributed by atoms with Gasteiger partial charge in [-0.25, -0.2) is 0 Å². The zero-order chi connectivity index (χ0) is 13.5. The smallest absolute Gasteiger partial charge is 0.118 e. The molecule has 3 heteroatoms. The summed E-state index contributed by atoms with van der Waals surface area (Å²) in [4.78, 5) is 0. The quantitative estimate of drug-likeness (QED) is 0.813. The van der Waals surface area contributed by atoms with Crippen LogP contribution < -0.4 is 10.1 Å². The van der Waals surface area contributed by atoms with E-state index >= 15 is 0 Å². The van der Waals surface area contributed by atoms with E-state index in [4.69, 9.17) is 4.74 Å². The van der Waals surface area contributed by atoms with Crippen LogP contribution in [0.15, 0.2) is 24.3 Å². The van der Waals surface area contributed by atoms with E-state index in [1.807, 2.05) is 30.9 Å². The first-order valence-corrected chi connectivity index (χ1v) is 7.56. The molecule has 0 aliphatic heterocycles. The fourth-order valence-corrected chi connectivity index (χ4v) is 3.10. The van der Waals surface area contributed by atoms with Crippen LogP contribution >= 0.6 is 11.8 Å². The number of hydrogen-bond donors (Lipinski definition) is 1. The number of methoxy groups -OCH3 is 1. The van der Waals surface area contributed by atoms with Crippen molar-refractivity contribution in [2.45, 2.75) is 32.1 Å². The zero-order valence-electron chi connectivity index (χ0n) is 12.1. The van der Waals surface area contributed by atoms with E-state index < -0.39 is 0 Å². The molecule has 2 nitrogen and oxygen atoms in total. The molecule has 0 amide bonds. The Labute approximate surface area is 116 Å². The Morgan fingerprint density at radius 2 is 1.78 bits per heavy atom. The van der Waals surface area contributed by atoms with Crippen LogP contribution in [-0.2, 0) is 0 Å². The summed E-state index contributed by atoms with van der Waals surface area (Å²) in [6.45, 7) is 6.82. The van der Waals surface area contributed by atoms with Crippen molar-refractivity contribution in [3.63, 3.8) is 0 Å². The topological polar surface area (TPSA) is 21.3 Å². The Morgan fingerprint density at radius 1 is 1.17 bits per heavy atom. The number of benzene rings is 1. The maximum absolute atomic E-state index is 5.20. The van der Waals surface area contributed by atoms with E-state index in [1.54, 1.807) is 7.11 Å². The molecular formula is C15H25NOS. The number of nitrogens with one attached hydrogen (secondary N) is 1. The van der Waals surface area contributed by atoms with Crippen molar-refractivity contribution in [1.29, 1.82) is 0 Å². The van der Waals surface area contributed by atoms with Gasteiger partial charge in [-0.2, -0.15) is 11.8 Å². The third-order valence-corrected chi connectivity index (χ3v) is 4.60. The van der Waals surface area contributed by atoms with Gasteiger partial charge in [0.15, 0.2) is 0 Å². The Morgan fingerprint density at radius 3 is 2.22 bits per heavy atom. The minimum absolute atomic E-state index is 0.389. The molecule has 102 valence electrons. The second kappa shape index (κ2) is 7.70. The average Bonchev–Trinajstić information content (AvgIpc) is 2.38. The van der Waals surface area contributed by atoms with Gasteiger partial charge in [-0.1, -0.05) is 32.9 Å². The van der Waals surface area contributed by atoms with Crippen LogP contribution in [0.4, 0.5) is 0 Å². The molecule has 0 saturated carbocycles. The maximum atomic E-state index is 5.20. The molecule has 0 spiro atoms. The molecule has 1 rings (SSSR count). The van der Waals surface area contributed by atoms with E-state index in [0.717, 1.165) is 11.7 Å². The summed E-state index contributed by atoms with van der Waals surface area (Å²) in [6, 6.07) is 8.73. The van der Waals surface area contributed by atoms with Gasteiger partial charge in [0.05, 0.1) is 7.11 Å². The van der Waals surface area contributed by atoms with Gasteiger partial charge < -0.3 is 10.1 Å². The molecule has 0 aromatic heterocycles. The van der Waals surface area contributed by atoms with Crippen molar-refractivity contribution in [3.8, 4) is 5.75 Å². The first kappa shape index (κ1) is 15.4. The molecular weight excluding hydrogens is 242 g/mol. The van der Waals surface area contributed by atoms with Gasteiger partial charge in [0.1, 0.15) is 5.75 Å². The first-order valence-electron chi connectivity index (χ1n) is 6.51. The van der Waals surface area contributed by atoms with Crippen LogP contribution in [0, 0.1) is 5.92 Å². The third kappa shape index (κ3) is 4.54. The first-order chi connectivity index (χ1) is 8.58. The monoisotopic (exact) mass is 267 g/mol. The van der Waals surface area contributed by atoms with Gasteiger partial charge in [0.25, 0.3) is 0 Å². The number of ether oxygens (including phenoxy) is 1. The highest BCUT2D eigenvalue weighted by Gasteiger charge is 2.18. The highest BCUT2D eigenvalue weighted by molar-refractivity contribution is 7.99. The van der Waals surface area contributed by atoms with Crippen LogP contribution in [0.25, 0.3) is 0 Å². The molecule has 18 heavy (non-hydrogen) atoms. The summed E-state index contributed by atoms with van der Waals surface area (Å²) in [5.74, 6) is 2.86. The fraction of sp³-hybridized carbons (Fsp3) is 0.600. The number of hydrogen-bond acceptors (Lipinski definition) is 3. The van der Waals surface area contributed by atoms with Gasteiger partial charge >= 0.3 is 0 Å². The summed E-state index contributed by atoms with van der Waals surface area (Å²) < 4.78 is 5.20. The molecule has 2 atom stereocenters. The summed E-state index contributed by atoms with van der Waals surface area (Å²) in [7, 11) is 3.73. The SMILES string of the molecule is CNC(c1ccc(OC)cc1)C(C)SCC(C)C. The molecule has 1 N–H and O–H groups in total. The van der Waals surface area contributed by atoms with E-state index in [-0.39, 0.29) is 0 Å². The lowest BCUT2D eigenvalue weighted by molar-refractivity contribution is 0.414. The Bertz CT molecular complexity index is 337. The molecule has 0 bridgehead atoms. The predicted octanol–water partition coefficient (Wildman–Crippen LogP) is 3.73. The van der Waals surface area contributed by atoms with E-state index in [0.29, 0.717) is 11.3 Å². The van der Waals surface area contributed by atoms with Crippen LogP contribution in [-0.4, -0.2) is 25.2 Å². The van der Waals surface area contributed by atoms with Crippen LogP contribution in [0.2, 0.25) is 0 Å². The summed E-state index contributed by atoms with van der Waals surface area (Å²) in [6.07, 6.45) is 0. The van der Waals surface area contributed by atoms with Crippen molar-refractivity contribution in [2.75, 3.05) is 19.9 Å². The minimum Gasteiger partial charge on any atom is -0.497 e. The fourth-order valence-electron chi connectivity index (χ4n) is 1.92. The van der Waals surface area contributed by atoms with Crippen LogP contribution in [0.5, 0.6) is 5.75 Å². The molecule has 0 radical (unpaired) electrons. The summed E-state index contributed by atoms with van der Waals surface area (Å²) >= 11 is 2.03. The van der Waals surface area contributed by atoms with E-state index in [9.17, 15) is 0 Å². The largest absolute Gasteiger partial charge is 0.497 e. The zero-order valence-corrected chi connectivity index (χ0v) is 12.9. The van der Waals surface area contributed by atoms with E-state index in [2.05, 4.69) is 38.2 Å². The molecule has 0 aliphatic carbocycles. The van der Waals surface area contributed by atoms with Crippen molar-refractivity contribution >= 4 is 11.8 Å². The van der Waals surface area contributed by atoms with E-state index in [1.165, 1.54) is 11.3 Å². The van der Waals surface area contributed by atoms with Crippen molar-refractivity contribution < 1.29 is 4.74 Å². The number of thioether (sulfide) groups is 1. The van der Waals surface area contributed by atoms with Crippen LogP contribution in [0.3, 0.4) is 0 Å². The Hall–Kier alpha value is -0.670. The molecule has 2 unspecified atom stereocenters. The van der Waals surface area contributed by atoms with Crippen molar-refractivity contribution in [2.24, 2.45) is 5.92 Å². The van der Waals surface area contributed by atoms with Gasteiger partial charge in [-0.05, 0) is 36.4 Å². The maximum Gasteiger partial charge on any atom is 0.118 e. The summed E-state index contributed by atoms with van der Waals surface area (Å²) in [5, 5.41) is 3.98. The average molecular weight is 267 g/mol. The molecule has 0 aliphatic rings. The lowest BCUT2D eigenvalue weighted by atomic mass is 10.0. The second-order valence-electron chi connectivity index (χ2n) is 4.97. The Balaban J connectivity index is 2.68. The third-order valence-electron chi connectivity index (χ3n) is 2.95. The second-order valence-corrected chi connectivity index (χ2v) is 6.38. The minimum atomic E-state index is 0.389. The molecule has 1 aromatic carbocycles. The predicted molar refractivity (Wildman–Crippen MR) is 81.6 cm³/mol. The summed E-state index contributed by atoms with van der Waals surface area (Å²) in [5.41, 5.74) is 1.32. The van der Waals surface area contributed by atoms with Crippen LogP contribution in [0.1, 0.15) is 32.4 Å². The molecule has 0 heterocycles. The molecule has 0 fully saturated rings. The lowest BCUT2D eigenvalue weighted by Crippen LogP contribution is -2.25. The molecule has 1 aromatic rings. The highest BCUT2D eigenvalue weighted by atomic mass is 32.2. The van der Waals surface area contributed by atoms with Crippen molar-refractivity contribution in [3.05, 3.63) is 29.8 Å². The standard InChI is InChI=1S/C15H25NOS/c1-11(2)10-18-12(3)15(16-4)13-6-8-14(17-5)9-7-13/h6-9,11-12,15-16H,10H2,1-5H3. The highest BCUT2D eigenvalue weighted by Crippen LogP contribution is 2.28. The normalized spacial score (nSPS) is 14.6. The molecule has 0 saturated heterocycles. The lowest BCUT2D eigenvalue weighted by Gasteiger charge is -2.24. The number of rotatable bonds is 7. The van der Waals surface area contributed by atoms with Gasteiger partial charge in [-0.3, -0.25) is 0 Å². The Kier molecular flexibility index (Phi) is 6.58. The van der Waals surface area contributed by atoms with Gasteiger partial charge in [0, 0.05) is 11.3 Å². The van der Waals surface area contributed by atoms with Crippen molar-refractivity contribution in [1.82, 2.24) is 5.32 Å².